The molecule has 0 amide bonds. The van der Waals surface area contributed by atoms with Crippen LogP contribution in [-0.2, 0) is 0 Å². The van der Waals surface area contributed by atoms with Crippen LogP contribution in [0.25, 0.3) is 0 Å². The standard InChI is InChI=1S/C15H25N/c1-13(2)9-8-12-16(14(3)4)15-10-6-5-7-11-15/h5-7,10-11,13-14H,8-9,12H2,1-4H3. The van der Waals surface area contributed by atoms with Gasteiger partial charge in [-0.15, -0.1) is 0 Å². The molecule has 0 fully saturated rings. The molecule has 0 N–H and O–H groups in total. The summed E-state index contributed by atoms with van der Waals surface area (Å²) >= 11 is 0. The maximum absolute atomic E-state index is 2.49. The van der Waals surface area contributed by atoms with Crippen molar-refractivity contribution in [2.45, 2.75) is 46.6 Å². The third kappa shape index (κ3) is 4.26. The Hall–Kier alpha value is -0.980. The van der Waals surface area contributed by atoms with Crippen molar-refractivity contribution >= 4 is 5.69 Å². The maximum atomic E-state index is 2.49. The van der Waals surface area contributed by atoms with Gasteiger partial charge in [-0.2, -0.15) is 0 Å². The number of benzene rings is 1. The molecule has 0 saturated carbocycles. The number of hydrogen-bond donors (Lipinski definition) is 0. The summed E-state index contributed by atoms with van der Waals surface area (Å²) in [6.45, 7) is 10.3. The van der Waals surface area contributed by atoms with Crippen LogP contribution in [0.15, 0.2) is 30.3 Å². The Bertz CT molecular complexity index is 277. The van der Waals surface area contributed by atoms with Crippen LogP contribution in [0.5, 0.6) is 0 Å². The molecule has 0 aliphatic carbocycles. The quantitative estimate of drug-likeness (QED) is 0.688. The van der Waals surface area contributed by atoms with E-state index in [2.05, 4.69) is 62.9 Å². The fourth-order valence-corrected chi connectivity index (χ4v) is 1.97. The molecule has 0 atom stereocenters. The van der Waals surface area contributed by atoms with Crippen molar-refractivity contribution in [3.05, 3.63) is 30.3 Å². The second-order valence-corrected chi connectivity index (χ2v) is 5.16. The largest absolute Gasteiger partial charge is 0.369 e. The first-order chi connectivity index (χ1) is 7.61. The van der Waals surface area contributed by atoms with Gasteiger partial charge in [0.25, 0.3) is 0 Å². The second kappa shape index (κ2) is 6.57. The normalized spacial score (nSPS) is 11.1. The van der Waals surface area contributed by atoms with Crippen LogP contribution in [0.3, 0.4) is 0 Å². The van der Waals surface area contributed by atoms with Crippen LogP contribution in [-0.4, -0.2) is 12.6 Å². The molecule has 1 rings (SSSR count). The molecule has 0 heterocycles. The van der Waals surface area contributed by atoms with Crippen LogP contribution < -0.4 is 4.90 Å². The molecular weight excluding hydrogens is 194 g/mol. The van der Waals surface area contributed by atoms with Crippen molar-refractivity contribution in [3.63, 3.8) is 0 Å². The van der Waals surface area contributed by atoms with Gasteiger partial charge in [-0.3, -0.25) is 0 Å². The summed E-state index contributed by atoms with van der Waals surface area (Å²) in [4.78, 5) is 2.49. The average molecular weight is 219 g/mol. The SMILES string of the molecule is CC(C)CCCN(c1ccccc1)C(C)C. The summed E-state index contributed by atoms with van der Waals surface area (Å²) in [6.07, 6.45) is 2.60. The van der Waals surface area contributed by atoms with Gasteiger partial charge in [-0.1, -0.05) is 32.0 Å². The van der Waals surface area contributed by atoms with Crippen LogP contribution in [0.2, 0.25) is 0 Å². The summed E-state index contributed by atoms with van der Waals surface area (Å²) < 4.78 is 0. The van der Waals surface area contributed by atoms with E-state index in [1.807, 2.05) is 0 Å². The number of para-hydroxylation sites is 1. The molecule has 1 nitrogen and oxygen atoms in total. The van der Waals surface area contributed by atoms with Crippen LogP contribution in [0.1, 0.15) is 40.5 Å². The molecule has 0 radical (unpaired) electrons. The van der Waals surface area contributed by atoms with Gasteiger partial charge in [-0.05, 0) is 44.7 Å². The lowest BCUT2D eigenvalue weighted by atomic mass is 10.1. The second-order valence-electron chi connectivity index (χ2n) is 5.16. The zero-order chi connectivity index (χ0) is 12.0. The van der Waals surface area contributed by atoms with Crippen LogP contribution in [0.4, 0.5) is 5.69 Å². The molecule has 0 bridgehead atoms. The minimum Gasteiger partial charge on any atom is -0.369 e. The molecule has 0 aliphatic heterocycles. The highest BCUT2D eigenvalue weighted by Gasteiger charge is 2.09. The third-order valence-electron chi connectivity index (χ3n) is 2.89. The van der Waals surface area contributed by atoms with E-state index in [9.17, 15) is 0 Å². The molecule has 16 heavy (non-hydrogen) atoms. The lowest BCUT2D eigenvalue weighted by Gasteiger charge is -2.29. The molecule has 0 saturated heterocycles. The lowest BCUT2D eigenvalue weighted by Crippen LogP contribution is -2.31. The highest BCUT2D eigenvalue weighted by molar-refractivity contribution is 5.46. The Kier molecular flexibility index (Phi) is 5.37. The van der Waals surface area contributed by atoms with Crippen molar-refractivity contribution < 1.29 is 0 Å². The van der Waals surface area contributed by atoms with Crippen molar-refractivity contribution in [1.82, 2.24) is 0 Å². The number of nitrogens with zero attached hydrogens (tertiary/aromatic N) is 1. The summed E-state index contributed by atoms with van der Waals surface area (Å²) in [6, 6.07) is 11.3. The number of anilines is 1. The highest BCUT2D eigenvalue weighted by Crippen LogP contribution is 2.17. The molecule has 90 valence electrons. The molecule has 0 spiro atoms. The summed E-state index contributed by atoms with van der Waals surface area (Å²) in [7, 11) is 0. The monoisotopic (exact) mass is 219 g/mol. The zero-order valence-electron chi connectivity index (χ0n) is 11.1. The molecule has 1 aromatic carbocycles. The van der Waals surface area contributed by atoms with Gasteiger partial charge in [0.2, 0.25) is 0 Å². The smallest absolute Gasteiger partial charge is 0.0368 e. The van der Waals surface area contributed by atoms with E-state index in [4.69, 9.17) is 0 Å². The predicted molar refractivity (Wildman–Crippen MR) is 73.0 cm³/mol. The van der Waals surface area contributed by atoms with E-state index >= 15 is 0 Å². The summed E-state index contributed by atoms with van der Waals surface area (Å²) in [5.74, 6) is 0.810. The number of hydrogen-bond acceptors (Lipinski definition) is 1. The van der Waals surface area contributed by atoms with Gasteiger partial charge < -0.3 is 4.90 Å². The van der Waals surface area contributed by atoms with Gasteiger partial charge >= 0.3 is 0 Å². The Balaban J connectivity index is 2.55. The van der Waals surface area contributed by atoms with Gasteiger partial charge in [0.1, 0.15) is 0 Å². The molecular formula is C15H25N. The molecule has 0 unspecified atom stereocenters. The summed E-state index contributed by atoms with van der Waals surface area (Å²) in [5.41, 5.74) is 1.35. The topological polar surface area (TPSA) is 3.24 Å². The Morgan fingerprint density at radius 3 is 2.12 bits per heavy atom. The number of rotatable bonds is 6. The fraction of sp³-hybridized carbons (Fsp3) is 0.600. The first kappa shape index (κ1) is 13.1. The lowest BCUT2D eigenvalue weighted by molar-refractivity contribution is 0.537. The van der Waals surface area contributed by atoms with Crippen LogP contribution >= 0.6 is 0 Å². The van der Waals surface area contributed by atoms with Gasteiger partial charge in [0.15, 0.2) is 0 Å². The maximum Gasteiger partial charge on any atom is 0.0368 e. The van der Waals surface area contributed by atoms with Crippen molar-refractivity contribution in [3.8, 4) is 0 Å². The Morgan fingerprint density at radius 2 is 1.62 bits per heavy atom. The van der Waals surface area contributed by atoms with Gasteiger partial charge in [0.05, 0.1) is 0 Å². The highest BCUT2D eigenvalue weighted by atomic mass is 15.1. The molecule has 1 aromatic rings. The zero-order valence-corrected chi connectivity index (χ0v) is 11.1. The van der Waals surface area contributed by atoms with E-state index in [0.29, 0.717) is 6.04 Å². The molecule has 1 heteroatoms. The first-order valence-electron chi connectivity index (χ1n) is 6.43. The summed E-state index contributed by atoms with van der Waals surface area (Å²) in [5, 5.41) is 0. The average Bonchev–Trinajstić information content (AvgIpc) is 2.25. The van der Waals surface area contributed by atoms with E-state index in [-0.39, 0.29) is 0 Å². The minimum atomic E-state index is 0.578. The fourth-order valence-electron chi connectivity index (χ4n) is 1.97. The van der Waals surface area contributed by atoms with Crippen molar-refractivity contribution in [2.24, 2.45) is 5.92 Å². The predicted octanol–water partition coefficient (Wildman–Crippen LogP) is 4.34. The van der Waals surface area contributed by atoms with E-state index < -0.39 is 0 Å². The third-order valence-corrected chi connectivity index (χ3v) is 2.89. The van der Waals surface area contributed by atoms with E-state index in [1.54, 1.807) is 0 Å². The van der Waals surface area contributed by atoms with E-state index in [0.717, 1.165) is 5.92 Å². The van der Waals surface area contributed by atoms with Gasteiger partial charge in [-0.25, -0.2) is 0 Å². The first-order valence-corrected chi connectivity index (χ1v) is 6.43. The molecule has 0 aromatic heterocycles. The van der Waals surface area contributed by atoms with Crippen molar-refractivity contribution in [1.29, 1.82) is 0 Å². The Morgan fingerprint density at radius 1 is 1.00 bits per heavy atom. The minimum absolute atomic E-state index is 0.578. The molecule has 0 aliphatic rings. The van der Waals surface area contributed by atoms with Crippen molar-refractivity contribution in [2.75, 3.05) is 11.4 Å². The van der Waals surface area contributed by atoms with E-state index in [1.165, 1.54) is 25.1 Å². The Labute approximate surface area is 100 Å². The van der Waals surface area contributed by atoms with Crippen LogP contribution in [0, 0.1) is 5.92 Å². The van der Waals surface area contributed by atoms with Gasteiger partial charge in [0, 0.05) is 18.3 Å².